The lowest BCUT2D eigenvalue weighted by atomic mass is 10.1. The van der Waals surface area contributed by atoms with Gasteiger partial charge in [-0.1, -0.05) is 19.8 Å². The monoisotopic (exact) mass is 359 g/mol. The third-order valence-electron chi connectivity index (χ3n) is 4.93. The van der Waals surface area contributed by atoms with E-state index in [1.54, 1.807) is 11.8 Å². The molecule has 0 saturated carbocycles. The minimum absolute atomic E-state index is 0.0114. The number of carbonyl (C=O) groups excluding carboxylic acids is 2. The Labute approximate surface area is 157 Å². The summed E-state index contributed by atoms with van der Waals surface area (Å²) in [6, 6.07) is 8.15. The molecule has 144 valence electrons. The van der Waals surface area contributed by atoms with Crippen LogP contribution in [0.25, 0.3) is 0 Å². The van der Waals surface area contributed by atoms with Gasteiger partial charge >= 0.3 is 0 Å². The summed E-state index contributed by atoms with van der Waals surface area (Å²) in [6.07, 6.45) is 7.41. The lowest BCUT2D eigenvalue weighted by Crippen LogP contribution is -2.34. The Kier molecular flexibility index (Phi) is 8.45. The van der Waals surface area contributed by atoms with Crippen LogP contribution in [0.15, 0.2) is 24.3 Å². The molecule has 0 aromatic heterocycles. The quantitative estimate of drug-likeness (QED) is 0.684. The van der Waals surface area contributed by atoms with Crippen molar-refractivity contribution in [1.82, 2.24) is 5.32 Å². The van der Waals surface area contributed by atoms with E-state index in [-0.39, 0.29) is 11.8 Å². The molecule has 1 fully saturated rings. The van der Waals surface area contributed by atoms with Crippen LogP contribution in [0.1, 0.15) is 58.8 Å². The Hall–Kier alpha value is -2.04. The number of anilines is 2. The van der Waals surface area contributed by atoms with Gasteiger partial charge in [0.1, 0.15) is 0 Å². The van der Waals surface area contributed by atoms with Gasteiger partial charge in [-0.25, -0.2) is 0 Å². The van der Waals surface area contributed by atoms with Crippen LogP contribution in [0.3, 0.4) is 0 Å². The molecule has 1 aliphatic rings. The first-order valence-electron chi connectivity index (χ1n) is 10.0. The van der Waals surface area contributed by atoms with E-state index >= 15 is 0 Å². The van der Waals surface area contributed by atoms with Gasteiger partial charge < -0.3 is 15.1 Å². The van der Waals surface area contributed by atoms with Crippen LogP contribution in [0.2, 0.25) is 0 Å². The van der Waals surface area contributed by atoms with Crippen LogP contribution in [0, 0.1) is 0 Å². The molecule has 0 unspecified atom stereocenters. The Morgan fingerprint density at radius 1 is 1.08 bits per heavy atom. The predicted octanol–water partition coefficient (Wildman–Crippen LogP) is 3.73. The first kappa shape index (κ1) is 20.3. The van der Waals surface area contributed by atoms with Gasteiger partial charge in [-0.2, -0.15) is 0 Å². The van der Waals surface area contributed by atoms with Crippen molar-refractivity contribution in [2.24, 2.45) is 0 Å². The zero-order valence-electron chi connectivity index (χ0n) is 16.3. The van der Waals surface area contributed by atoms with Crippen molar-refractivity contribution in [2.75, 3.05) is 36.0 Å². The van der Waals surface area contributed by atoms with Gasteiger partial charge in [0, 0.05) is 50.9 Å². The standard InChI is InChI=1S/C21H33N3O2/c1-3-4-6-14-22-21(26)13-17-24(18(2)25)20-11-9-19(10-12-20)23-15-7-5-8-16-23/h9-12H,3-8,13-17H2,1-2H3,(H,22,26). The number of rotatable bonds is 9. The number of nitrogens with one attached hydrogen (secondary N) is 1. The zero-order valence-corrected chi connectivity index (χ0v) is 16.3. The SMILES string of the molecule is CCCCCNC(=O)CCN(C(C)=O)c1ccc(N2CCCCC2)cc1. The number of nitrogens with zero attached hydrogens (tertiary/aromatic N) is 2. The fourth-order valence-electron chi connectivity index (χ4n) is 3.37. The minimum atomic E-state index is -0.0329. The fraction of sp³-hybridized carbons (Fsp3) is 0.619. The molecule has 0 radical (unpaired) electrons. The summed E-state index contributed by atoms with van der Waals surface area (Å²) in [7, 11) is 0. The maximum atomic E-state index is 12.0. The smallest absolute Gasteiger partial charge is 0.223 e. The summed E-state index contributed by atoms with van der Waals surface area (Å²) in [5.41, 5.74) is 2.07. The molecule has 2 amide bonds. The van der Waals surface area contributed by atoms with Crippen molar-refractivity contribution in [1.29, 1.82) is 0 Å². The summed E-state index contributed by atoms with van der Waals surface area (Å²) in [4.78, 5) is 28.1. The Morgan fingerprint density at radius 2 is 1.77 bits per heavy atom. The Morgan fingerprint density at radius 3 is 2.38 bits per heavy atom. The fourth-order valence-corrected chi connectivity index (χ4v) is 3.37. The maximum Gasteiger partial charge on any atom is 0.223 e. The highest BCUT2D eigenvalue weighted by molar-refractivity contribution is 5.92. The van der Waals surface area contributed by atoms with E-state index in [0.29, 0.717) is 13.0 Å². The van der Waals surface area contributed by atoms with E-state index in [9.17, 15) is 9.59 Å². The van der Waals surface area contributed by atoms with Crippen molar-refractivity contribution in [3.63, 3.8) is 0 Å². The highest BCUT2D eigenvalue weighted by Gasteiger charge is 2.15. The molecule has 1 saturated heterocycles. The normalized spacial score (nSPS) is 14.2. The molecule has 1 aromatic rings. The number of unbranched alkanes of at least 4 members (excludes halogenated alkanes) is 2. The van der Waals surface area contributed by atoms with E-state index in [0.717, 1.165) is 44.6 Å². The molecule has 2 rings (SSSR count). The van der Waals surface area contributed by atoms with Crippen molar-refractivity contribution < 1.29 is 9.59 Å². The summed E-state index contributed by atoms with van der Waals surface area (Å²) in [5, 5.41) is 2.93. The average Bonchev–Trinajstić information content (AvgIpc) is 2.66. The second-order valence-electron chi connectivity index (χ2n) is 7.04. The van der Waals surface area contributed by atoms with Crippen molar-refractivity contribution >= 4 is 23.2 Å². The van der Waals surface area contributed by atoms with E-state index in [4.69, 9.17) is 0 Å². The summed E-state index contributed by atoms with van der Waals surface area (Å²) >= 11 is 0. The molecule has 0 spiro atoms. The first-order valence-corrected chi connectivity index (χ1v) is 10.0. The zero-order chi connectivity index (χ0) is 18.8. The van der Waals surface area contributed by atoms with Gasteiger partial charge in [0.2, 0.25) is 11.8 Å². The van der Waals surface area contributed by atoms with Crippen LogP contribution in [-0.2, 0) is 9.59 Å². The summed E-state index contributed by atoms with van der Waals surface area (Å²) < 4.78 is 0. The largest absolute Gasteiger partial charge is 0.372 e. The molecule has 1 aliphatic heterocycles. The predicted molar refractivity (Wildman–Crippen MR) is 108 cm³/mol. The molecule has 5 nitrogen and oxygen atoms in total. The topological polar surface area (TPSA) is 52.7 Å². The van der Waals surface area contributed by atoms with Crippen LogP contribution < -0.4 is 15.1 Å². The van der Waals surface area contributed by atoms with Gasteiger partial charge in [0.15, 0.2) is 0 Å². The highest BCUT2D eigenvalue weighted by atomic mass is 16.2. The third-order valence-corrected chi connectivity index (χ3v) is 4.93. The molecule has 1 N–H and O–H groups in total. The average molecular weight is 360 g/mol. The highest BCUT2D eigenvalue weighted by Crippen LogP contribution is 2.24. The third kappa shape index (κ3) is 6.36. The molecule has 0 atom stereocenters. The van der Waals surface area contributed by atoms with Crippen LogP contribution >= 0.6 is 0 Å². The van der Waals surface area contributed by atoms with Crippen molar-refractivity contribution in [3.05, 3.63) is 24.3 Å². The van der Waals surface area contributed by atoms with Crippen LogP contribution in [0.5, 0.6) is 0 Å². The van der Waals surface area contributed by atoms with E-state index in [1.165, 1.54) is 24.9 Å². The van der Waals surface area contributed by atoms with Gasteiger partial charge in [-0.15, -0.1) is 0 Å². The molecule has 1 heterocycles. The van der Waals surface area contributed by atoms with E-state index < -0.39 is 0 Å². The number of carbonyl (C=O) groups is 2. The number of amides is 2. The van der Waals surface area contributed by atoms with Crippen LogP contribution in [-0.4, -0.2) is 38.0 Å². The van der Waals surface area contributed by atoms with Gasteiger partial charge in [-0.05, 0) is 49.9 Å². The minimum Gasteiger partial charge on any atom is -0.372 e. The first-order chi connectivity index (χ1) is 12.6. The van der Waals surface area contributed by atoms with Gasteiger partial charge in [-0.3, -0.25) is 9.59 Å². The van der Waals surface area contributed by atoms with Crippen molar-refractivity contribution in [3.8, 4) is 0 Å². The Balaban J connectivity index is 1.88. The number of piperidine rings is 1. The molecule has 0 aliphatic carbocycles. The molecule has 1 aromatic carbocycles. The lowest BCUT2D eigenvalue weighted by Gasteiger charge is -2.29. The molecule has 5 heteroatoms. The molecule has 26 heavy (non-hydrogen) atoms. The van der Waals surface area contributed by atoms with Gasteiger partial charge in [0.25, 0.3) is 0 Å². The molecule has 0 bridgehead atoms. The maximum absolute atomic E-state index is 12.0. The van der Waals surface area contributed by atoms with Crippen molar-refractivity contribution in [2.45, 2.75) is 58.8 Å². The second-order valence-corrected chi connectivity index (χ2v) is 7.04. The second kappa shape index (κ2) is 10.8. The summed E-state index contributed by atoms with van der Waals surface area (Å²) in [5.74, 6) is -0.0215. The summed E-state index contributed by atoms with van der Waals surface area (Å²) in [6.45, 7) is 7.04. The van der Waals surface area contributed by atoms with Crippen LogP contribution in [0.4, 0.5) is 11.4 Å². The molecular formula is C21H33N3O2. The number of hydrogen-bond donors (Lipinski definition) is 1. The lowest BCUT2D eigenvalue weighted by molar-refractivity contribution is -0.121. The number of hydrogen-bond acceptors (Lipinski definition) is 3. The number of benzene rings is 1. The van der Waals surface area contributed by atoms with E-state index in [2.05, 4.69) is 29.3 Å². The molecular weight excluding hydrogens is 326 g/mol. The van der Waals surface area contributed by atoms with E-state index in [1.807, 2.05) is 12.1 Å². The van der Waals surface area contributed by atoms with Gasteiger partial charge in [0.05, 0.1) is 0 Å². The Bertz CT molecular complexity index is 565.